The van der Waals surface area contributed by atoms with Crippen LogP contribution in [0.4, 0.5) is 5.69 Å². The molecular weight excluding hydrogens is 496 g/mol. The third-order valence-electron chi connectivity index (χ3n) is 8.53. The van der Waals surface area contributed by atoms with Crippen molar-refractivity contribution in [3.63, 3.8) is 0 Å². The highest BCUT2D eigenvalue weighted by Gasteiger charge is 2.55. The van der Waals surface area contributed by atoms with Gasteiger partial charge in [0.05, 0.1) is 12.8 Å². The van der Waals surface area contributed by atoms with Crippen LogP contribution in [0.5, 0.6) is 5.75 Å². The first kappa shape index (κ1) is 25.0. The van der Waals surface area contributed by atoms with E-state index in [1.54, 1.807) is 29.2 Å². The summed E-state index contributed by atoms with van der Waals surface area (Å²) in [6.07, 6.45) is 3.43. The molecule has 39 heavy (non-hydrogen) atoms. The molecule has 0 bridgehead atoms. The first-order valence-corrected chi connectivity index (χ1v) is 13.3. The number of carbonyl (C=O) groups excluding carboxylic acids is 4. The van der Waals surface area contributed by atoms with Gasteiger partial charge >= 0.3 is 0 Å². The minimum Gasteiger partial charge on any atom is -0.495 e. The number of imide groups is 1. The number of amides is 4. The van der Waals surface area contributed by atoms with Crippen LogP contribution >= 0.6 is 0 Å². The summed E-state index contributed by atoms with van der Waals surface area (Å²) in [5.41, 5.74) is 9.14. The second kappa shape index (κ2) is 9.45. The molecule has 3 N–H and O–H groups in total. The summed E-state index contributed by atoms with van der Waals surface area (Å²) in [4.78, 5) is 53.8. The minimum absolute atomic E-state index is 0.00860. The lowest BCUT2D eigenvalue weighted by Gasteiger charge is -2.33. The van der Waals surface area contributed by atoms with Crippen LogP contribution < -0.4 is 15.8 Å². The highest BCUT2D eigenvalue weighted by Crippen LogP contribution is 2.57. The average molecular weight is 527 g/mol. The van der Waals surface area contributed by atoms with Gasteiger partial charge < -0.3 is 20.3 Å². The zero-order valence-corrected chi connectivity index (χ0v) is 21.8. The molecule has 2 aromatic rings. The molecule has 1 spiro atoms. The topological polar surface area (TPSA) is 122 Å². The number of benzene rings is 2. The summed E-state index contributed by atoms with van der Waals surface area (Å²) in [6, 6.07) is 9.97. The first-order chi connectivity index (χ1) is 18.8. The molecule has 1 saturated carbocycles. The number of hydrogen-bond donors (Lipinski definition) is 2. The van der Waals surface area contributed by atoms with Gasteiger partial charge in [0.25, 0.3) is 11.8 Å². The summed E-state index contributed by atoms with van der Waals surface area (Å²) < 4.78 is 5.28. The fourth-order valence-electron chi connectivity index (χ4n) is 6.23. The molecule has 0 aromatic heterocycles. The van der Waals surface area contributed by atoms with E-state index in [9.17, 15) is 19.2 Å². The molecule has 4 aliphatic rings. The summed E-state index contributed by atoms with van der Waals surface area (Å²) in [7, 11) is 1.54. The molecular formula is C30H30N4O5. The van der Waals surface area contributed by atoms with Crippen LogP contribution in [-0.4, -0.2) is 59.7 Å². The highest BCUT2D eigenvalue weighted by atomic mass is 16.5. The zero-order chi connectivity index (χ0) is 27.3. The Kier molecular flexibility index (Phi) is 6.06. The number of nitrogen functional groups attached to an aromatic ring is 1. The lowest BCUT2D eigenvalue weighted by Crippen LogP contribution is -2.52. The van der Waals surface area contributed by atoms with Crippen LogP contribution in [0, 0.1) is 23.2 Å². The van der Waals surface area contributed by atoms with Gasteiger partial charge in [-0.2, -0.15) is 0 Å². The molecule has 9 heteroatoms. The van der Waals surface area contributed by atoms with Crippen LogP contribution in [0.3, 0.4) is 0 Å². The lowest BCUT2D eigenvalue weighted by molar-refractivity contribution is -0.136. The Bertz CT molecular complexity index is 1470. The molecule has 1 aliphatic carbocycles. The first-order valence-electron chi connectivity index (χ1n) is 13.3. The van der Waals surface area contributed by atoms with Crippen molar-refractivity contribution in [1.82, 2.24) is 15.1 Å². The Morgan fingerprint density at radius 2 is 2.05 bits per heavy atom. The highest BCUT2D eigenvalue weighted by molar-refractivity contribution is 6.05. The van der Waals surface area contributed by atoms with E-state index in [1.165, 1.54) is 7.11 Å². The Hall–Kier alpha value is -4.32. The summed E-state index contributed by atoms with van der Waals surface area (Å²) in [6.45, 7) is 1.67. The number of ether oxygens (including phenoxy) is 1. The molecule has 3 aliphatic heterocycles. The van der Waals surface area contributed by atoms with Crippen molar-refractivity contribution in [3.8, 4) is 17.6 Å². The Balaban J connectivity index is 1.16. The van der Waals surface area contributed by atoms with Gasteiger partial charge in [0.2, 0.25) is 11.8 Å². The molecule has 4 amide bonds. The van der Waals surface area contributed by atoms with Gasteiger partial charge in [-0.05, 0) is 61.6 Å². The van der Waals surface area contributed by atoms with Crippen molar-refractivity contribution >= 4 is 29.3 Å². The van der Waals surface area contributed by atoms with E-state index < -0.39 is 11.9 Å². The van der Waals surface area contributed by atoms with Gasteiger partial charge in [-0.3, -0.25) is 24.5 Å². The van der Waals surface area contributed by atoms with Crippen molar-refractivity contribution in [3.05, 3.63) is 58.7 Å². The number of fused-ring (bicyclic) bond motifs is 1. The summed E-state index contributed by atoms with van der Waals surface area (Å²) in [5, 5.41) is 2.34. The van der Waals surface area contributed by atoms with Gasteiger partial charge in [0.15, 0.2) is 0 Å². The van der Waals surface area contributed by atoms with Crippen LogP contribution in [-0.2, 0) is 16.1 Å². The van der Waals surface area contributed by atoms with Gasteiger partial charge in [-0.1, -0.05) is 17.9 Å². The van der Waals surface area contributed by atoms with Crippen LogP contribution in [0.15, 0.2) is 36.4 Å². The Labute approximate surface area is 226 Å². The summed E-state index contributed by atoms with van der Waals surface area (Å²) in [5.74, 6) is 6.46. The van der Waals surface area contributed by atoms with Crippen molar-refractivity contribution in [2.45, 2.75) is 44.7 Å². The number of rotatable bonds is 3. The van der Waals surface area contributed by atoms with Crippen molar-refractivity contribution in [2.24, 2.45) is 11.3 Å². The Morgan fingerprint density at radius 1 is 1.21 bits per heavy atom. The van der Waals surface area contributed by atoms with E-state index in [0.717, 1.165) is 30.4 Å². The molecule has 9 nitrogen and oxygen atoms in total. The van der Waals surface area contributed by atoms with Crippen LogP contribution in [0.1, 0.15) is 63.9 Å². The van der Waals surface area contributed by atoms with Gasteiger partial charge in [-0.25, -0.2) is 0 Å². The van der Waals surface area contributed by atoms with Crippen molar-refractivity contribution < 1.29 is 23.9 Å². The van der Waals surface area contributed by atoms with E-state index in [-0.39, 0.29) is 35.5 Å². The largest absolute Gasteiger partial charge is 0.495 e. The summed E-state index contributed by atoms with van der Waals surface area (Å²) >= 11 is 0. The van der Waals surface area contributed by atoms with Gasteiger partial charge in [0, 0.05) is 54.1 Å². The second-order valence-corrected chi connectivity index (χ2v) is 10.9. The quantitative estimate of drug-likeness (QED) is 0.360. The average Bonchev–Trinajstić information content (AvgIpc) is 3.48. The van der Waals surface area contributed by atoms with E-state index in [0.29, 0.717) is 48.6 Å². The third kappa shape index (κ3) is 4.40. The lowest BCUT2D eigenvalue weighted by atomic mass is 9.91. The molecule has 1 unspecified atom stereocenters. The zero-order valence-electron chi connectivity index (χ0n) is 21.8. The number of likely N-dealkylation sites (tertiary alicyclic amines) is 1. The van der Waals surface area contributed by atoms with Crippen LogP contribution in [0.25, 0.3) is 0 Å². The molecule has 200 valence electrons. The molecule has 2 aromatic carbocycles. The third-order valence-corrected chi connectivity index (χ3v) is 8.53. The normalized spacial score (nSPS) is 25.6. The molecule has 6 rings (SSSR count). The standard InChI is InChI=1S/C30H30N4O5/c1-39-25-14-19(7-9-23(25)31)28(37)33-13-3-12-30(17-33)15-20(30)8-6-18-4-2-5-21-22(18)16-34(29(21)38)24-10-11-26(35)32-27(24)36/h2,4-5,7,9,14,20,24H,3,10-13,15-17,31H2,1H3,(H,32,35,36)/t20-,24?,30-/m1/s1. The predicted molar refractivity (Wildman–Crippen MR) is 142 cm³/mol. The Morgan fingerprint density at radius 3 is 2.85 bits per heavy atom. The molecule has 2 saturated heterocycles. The second-order valence-electron chi connectivity index (χ2n) is 10.9. The molecule has 0 radical (unpaired) electrons. The number of piperidine rings is 2. The number of methoxy groups -OCH3 is 1. The van der Waals surface area contributed by atoms with Gasteiger partial charge in [0.1, 0.15) is 11.8 Å². The molecule has 3 atom stereocenters. The van der Waals surface area contributed by atoms with E-state index in [2.05, 4.69) is 17.2 Å². The number of hydrogen-bond acceptors (Lipinski definition) is 6. The number of anilines is 1. The van der Waals surface area contributed by atoms with Crippen molar-refractivity contribution in [2.75, 3.05) is 25.9 Å². The number of nitrogens with two attached hydrogens (primary N) is 1. The van der Waals surface area contributed by atoms with Crippen molar-refractivity contribution in [1.29, 1.82) is 0 Å². The fraction of sp³-hybridized carbons (Fsp3) is 0.400. The van der Waals surface area contributed by atoms with E-state index in [4.69, 9.17) is 10.5 Å². The number of nitrogens with zero attached hydrogens (tertiary/aromatic N) is 2. The molecule has 3 heterocycles. The maximum absolute atomic E-state index is 13.3. The van der Waals surface area contributed by atoms with Crippen LogP contribution in [0.2, 0.25) is 0 Å². The maximum atomic E-state index is 13.3. The minimum atomic E-state index is -0.651. The number of nitrogens with one attached hydrogen (secondary N) is 1. The molecule has 3 fully saturated rings. The number of carbonyl (C=O) groups is 4. The monoisotopic (exact) mass is 526 g/mol. The van der Waals surface area contributed by atoms with Gasteiger partial charge in [-0.15, -0.1) is 0 Å². The predicted octanol–water partition coefficient (Wildman–Crippen LogP) is 2.33. The van der Waals surface area contributed by atoms with E-state index >= 15 is 0 Å². The fourth-order valence-corrected chi connectivity index (χ4v) is 6.23. The maximum Gasteiger partial charge on any atom is 0.255 e. The smallest absolute Gasteiger partial charge is 0.255 e. The SMILES string of the molecule is COc1cc(C(=O)N2CCC[C@@]3(C[C@H]3C#Cc3cccc4c3CN(C3CCC(=O)NC3=O)C4=O)C2)ccc1N. The van der Waals surface area contributed by atoms with E-state index in [1.807, 2.05) is 17.0 Å².